The Morgan fingerprint density at radius 1 is 1.08 bits per heavy atom. The summed E-state index contributed by atoms with van der Waals surface area (Å²) in [6.45, 7) is 2.00. The van der Waals surface area contributed by atoms with E-state index in [1.807, 2.05) is 62.3 Å². The van der Waals surface area contributed by atoms with E-state index in [0.29, 0.717) is 5.56 Å². The maximum atomic E-state index is 12.7. The van der Waals surface area contributed by atoms with Crippen molar-refractivity contribution < 1.29 is 4.79 Å². The van der Waals surface area contributed by atoms with Crippen molar-refractivity contribution in [2.45, 2.75) is 13.0 Å². The van der Waals surface area contributed by atoms with Crippen LogP contribution in [0.15, 0.2) is 55.2 Å². The Labute approximate surface area is 152 Å². The third-order valence-electron chi connectivity index (χ3n) is 4.41. The molecule has 1 aromatic carbocycles. The van der Waals surface area contributed by atoms with Crippen molar-refractivity contribution >= 4 is 11.7 Å². The molecule has 0 saturated carbocycles. The van der Waals surface area contributed by atoms with Crippen LogP contribution in [-0.2, 0) is 0 Å². The third-order valence-corrected chi connectivity index (χ3v) is 4.41. The number of amides is 1. The molecule has 0 bridgehead atoms. The van der Waals surface area contributed by atoms with E-state index >= 15 is 0 Å². The second kappa shape index (κ2) is 7.35. The van der Waals surface area contributed by atoms with Gasteiger partial charge in [0, 0.05) is 27.3 Å². The van der Waals surface area contributed by atoms with E-state index < -0.39 is 0 Å². The molecule has 0 fully saturated rings. The van der Waals surface area contributed by atoms with Gasteiger partial charge in [0.25, 0.3) is 5.91 Å². The number of carbonyl (C=O) groups is 1. The van der Waals surface area contributed by atoms with E-state index in [9.17, 15) is 4.79 Å². The second-order valence-electron chi connectivity index (χ2n) is 6.32. The molecule has 3 aromatic rings. The van der Waals surface area contributed by atoms with Gasteiger partial charge in [0.2, 0.25) is 0 Å². The molecule has 26 heavy (non-hydrogen) atoms. The van der Waals surface area contributed by atoms with E-state index in [4.69, 9.17) is 0 Å². The summed E-state index contributed by atoms with van der Waals surface area (Å²) in [7, 11) is 5.64. The fourth-order valence-corrected chi connectivity index (χ4v) is 2.63. The van der Waals surface area contributed by atoms with Crippen LogP contribution in [0.2, 0.25) is 0 Å². The minimum absolute atomic E-state index is 0.0596. The van der Waals surface area contributed by atoms with Gasteiger partial charge in [-0.25, -0.2) is 14.6 Å². The van der Waals surface area contributed by atoms with Crippen LogP contribution in [0, 0.1) is 0 Å². The fourth-order valence-electron chi connectivity index (χ4n) is 2.63. The van der Waals surface area contributed by atoms with E-state index in [2.05, 4.69) is 15.1 Å². The molecule has 0 radical (unpaired) electrons. The van der Waals surface area contributed by atoms with Crippen molar-refractivity contribution in [3.05, 3.63) is 66.4 Å². The van der Waals surface area contributed by atoms with Crippen LogP contribution in [0.1, 0.15) is 28.9 Å². The predicted octanol–water partition coefficient (Wildman–Crippen LogP) is 2.56. The van der Waals surface area contributed by atoms with Crippen molar-refractivity contribution in [3.63, 3.8) is 0 Å². The first-order valence-electron chi connectivity index (χ1n) is 8.33. The number of anilines is 1. The normalized spacial score (nSPS) is 11.8. The highest BCUT2D eigenvalue weighted by Crippen LogP contribution is 2.22. The Bertz CT molecular complexity index is 856. The number of carbonyl (C=O) groups excluding carboxylic acids is 1. The molecule has 1 unspecified atom stereocenters. The molecular formula is C19H22N6O. The molecule has 0 saturated heterocycles. The molecule has 134 valence electrons. The monoisotopic (exact) mass is 350 g/mol. The van der Waals surface area contributed by atoms with Gasteiger partial charge in [-0.15, -0.1) is 0 Å². The lowest BCUT2D eigenvalue weighted by Crippen LogP contribution is -2.29. The molecule has 0 aliphatic heterocycles. The molecule has 3 rings (SSSR count). The lowest BCUT2D eigenvalue weighted by Gasteiger charge is -2.25. The number of nitrogens with zero attached hydrogens (tertiary/aromatic N) is 6. The van der Waals surface area contributed by atoms with E-state index in [0.717, 1.165) is 17.1 Å². The standard InChI is InChI=1S/C19H22N6O/c1-14(15-5-8-17(9-6-15)25-13-20-12-22-25)24(4)19(26)16-7-10-18(21-11-16)23(2)3/h5-14H,1-4H3. The topological polar surface area (TPSA) is 67.2 Å². The van der Waals surface area contributed by atoms with Gasteiger partial charge in [-0.1, -0.05) is 12.1 Å². The highest BCUT2D eigenvalue weighted by Gasteiger charge is 2.19. The minimum atomic E-state index is -0.0687. The molecule has 0 spiro atoms. The van der Waals surface area contributed by atoms with Crippen molar-refractivity contribution in [1.82, 2.24) is 24.6 Å². The number of aromatic nitrogens is 4. The SMILES string of the molecule is CC(c1ccc(-n2cncn2)cc1)N(C)C(=O)c1ccc(N(C)C)nc1. The first-order chi connectivity index (χ1) is 12.5. The summed E-state index contributed by atoms with van der Waals surface area (Å²) in [4.78, 5) is 24.6. The number of benzene rings is 1. The molecule has 0 N–H and O–H groups in total. The van der Waals surface area contributed by atoms with Crippen molar-refractivity contribution in [3.8, 4) is 5.69 Å². The Morgan fingerprint density at radius 2 is 1.81 bits per heavy atom. The zero-order chi connectivity index (χ0) is 18.7. The van der Waals surface area contributed by atoms with Crippen LogP contribution in [0.3, 0.4) is 0 Å². The zero-order valence-corrected chi connectivity index (χ0v) is 15.4. The zero-order valence-electron chi connectivity index (χ0n) is 15.4. The largest absolute Gasteiger partial charge is 0.363 e. The van der Waals surface area contributed by atoms with Crippen molar-refractivity contribution in [2.75, 3.05) is 26.0 Å². The molecule has 7 nitrogen and oxygen atoms in total. The minimum Gasteiger partial charge on any atom is -0.363 e. The van der Waals surface area contributed by atoms with Crippen LogP contribution in [0.5, 0.6) is 0 Å². The average Bonchev–Trinajstić information content (AvgIpc) is 3.21. The first kappa shape index (κ1) is 17.6. The molecule has 0 aliphatic rings. The number of hydrogen-bond donors (Lipinski definition) is 0. The van der Waals surface area contributed by atoms with E-state index in [1.54, 1.807) is 29.2 Å². The summed E-state index contributed by atoms with van der Waals surface area (Å²) >= 11 is 0. The molecular weight excluding hydrogens is 328 g/mol. The first-order valence-corrected chi connectivity index (χ1v) is 8.33. The summed E-state index contributed by atoms with van der Waals surface area (Å²) in [6, 6.07) is 11.5. The second-order valence-corrected chi connectivity index (χ2v) is 6.32. The van der Waals surface area contributed by atoms with Crippen molar-refractivity contribution in [1.29, 1.82) is 0 Å². The quantitative estimate of drug-likeness (QED) is 0.707. The van der Waals surface area contributed by atoms with Gasteiger partial charge in [0.1, 0.15) is 18.5 Å². The third kappa shape index (κ3) is 3.56. The van der Waals surface area contributed by atoms with Crippen LogP contribution < -0.4 is 4.90 Å². The van der Waals surface area contributed by atoms with Gasteiger partial charge in [-0.2, -0.15) is 5.10 Å². The fraction of sp³-hybridized carbons (Fsp3) is 0.263. The molecule has 1 atom stereocenters. The number of hydrogen-bond acceptors (Lipinski definition) is 5. The smallest absolute Gasteiger partial charge is 0.255 e. The van der Waals surface area contributed by atoms with E-state index in [1.165, 1.54) is 6.33 Å². The van der Waals surface area contributed by atoms with Crippen molar-refractivity contribution in [2.24, 2.45) is 0 Å². The van der Waals surface area contributed by atoms with Gasteiger partial charge in [0.05, 0.1) is 17.3 Å². The maximum Gasteiger partial charge on any atom is 0.255 e. The van der Waals surface area contributed by atoms with Gasteiger partial charge in [-0.3, -0.25) is 4.79 Å². The Morgan fingerprint density at radius 3 is 2.35 bits per heavy atom. The maximum absolute atomic E-state index is 12.7. The number of pyridine rings is 1. The highest BCUT2D eigenvalue weighted by molar-refractivity contribution is 5.94. The van der Waals surface area contributed by atoms with Gasteiger partial charge < -0.3 is 9.80 Å². The van der Waals surface area contributed by atoms with Crippen LogP contribution >= 0.6 is 0 Å². The van der Waals surface area contributed by atoms with Gasteiger partial charge in [0.15, 0.2) is 0 Å². The Hall–Kier alpha value is -3.22. The molecule has 7 heteroatoms. The summed E-state index contributed by atoms with van der Waals surface area (Å²) in [6.07, 6.45) is 4.77. The Balaban J connectivity index is 1.74. The van der Waals surface area contributed by atoms with Crippen LogP contribution in [0.4, 0.5) is 5.82 Å². The number of rotatable bonds is 5. The summed E-state index contributed by atoms with van der Waals surface area (Å²) in [5, 5.41) is 4.11. The summed E-state index contributed by atoms with van der Waals surface area (Å²) < 4.78 is 1.70. The molecule has 2 heterocycles. The average molecular weight is 350 g/mol. The van der Waals surface area contributed by atoms with Crippen LogP contribution in [-0.4, -0.2) is 51.7 Å². The summed E-state index contributed by atoms with van der Waals surface area (Å²) in [5.41, 5.74) is 2.54. The predicted molar refractivity (Wildman–Crippen MR) is 100 cm³/mol. The van der Waals surface area contributed by atoms with Gasteiger partial charge in [-0.05, 0) is 36.8 Å². The lowest BCUT2D eigenvalue weighted by atomic mass is 10.1. The highest BCUT2D eigenvalue weighted by atomic mass is 16.2. The molecule has 2 aromatic heterocycles. The van der Waals surface area contributed by atoms with Gasteiger partial charge >= 0.3 is 0 Å². The van der Waals surface area contributed by atoms with Crippen LogP contribution in [0.25, 0.3) is 5.69 Å². The van der Waals surface area contributed by atoms with E-state index in [-0.39, 0.29) is 11.9 Å². The lowest BCUT2D eigenvalue weighted by molar-refractivity contribution is 0.0742. The summed E-state index contributed by atoms with van der Waals surface area (Å²) in [5.74, 6) is 0.761. The molecule has 1 amide bonds. The Kier molecular flexibility index (Phi) is 4.97. The molecule has 0 aliphatic carbocycles.